The van der Waals surface area contributed by atoms with Crippen LogP contribution in [-0.2, 0) is 29.7 Å². The van der Waals surface area contributed by atoms with Gasteiger partial charge in [-0.15, -0.1) is 0 Å². The summed E-state index contributed by atoms with van der Waals surface area (Å²) in [4.78, 5) is 24.4. The molecule has 3 rings (SSSR count). The Morgan fingerprint density at radius 2 is 1.59 bits per heavy atom. The molecule has 1 amide bonds. The normalized spacial score (nSPS) is 15.2. The van der Waals surface area contributed by atoms with Gasteiger partial charge in [-0.1, -0.05) is 32.9 Å². The van der Waals surface area contributed by atoms with Gasteiger partial charge < -0.3 is 14.8 Å². The number of ether oxygens (including phenoxy) is 2. The first-order valence-corrected chi connectivity index (χ1v) is 11.8. The van der Waals surface area contributed by atoms with Crippen LogP contribution in [-0.4, -0.2) is 57.5 Å². The van der Waals surface area contributed by atoms with Gasteiger partial charge >= 0.3 is 5.97 Å². The predicted molar refractivity (Wildman–Crippen MR) is 120 cm³/mol. The number of nitrogens with zero attached hydrogens (tertiary/aromatic N) is 1. The smallest absolute Gasteiger partial charge is 0.338 e. The van der Waals surface area contributed by atoms with Crippen LogP contribution >= 0.6 is 0 Å². The first kappa shape index (κ1) is 23.9. The summed E-state index contributed by atoms with van der Waals surface area (Å²) in [5.74, 6) is -1.17. The van der Waals surface area contributed by atoms with E-state index in [0.29, 0.717) is 32.0 Å². The van der Waals surface area contributed by atoms with Gasteiger partial charge in [0.1, 0.15) is 0 Å². The molecule has 9 heteroatoms. The molecule has 0 radical (unpaired) electrons. The molecule has 1 N–H and O–H groups in total. The maximum absolute atomic E-state index is 12.6. The van der Waals surface area contributed by atoms with E-state index in [4.69, 9.17) is 9.47 Å². The summed E-state index contributed by atoms with van der Waals surface area (Å²) in [6, 6.07) is 12.9. The Balaban J connectivity index is 1.54. The van der Waals surface area contributed by atoms with E-state index in [-0.39, 0.29) is 15.9 Å². The second-order valence-electron chi connectivity index (χ2n) is 8.49. The van der Waals surface area contributed by atoms with Gasteiger partial charge in [0.2, 0.25) is 10.0 Å². The second kappa shape index (κ2) is 9.81. The lowest BCUT2D eigenvalue weighted by molar-refractivity contribution is -0.119. The molecule has 1 heterocycles. The van der Waals surface area contributed by atoms with Crippen molar-refractivity contribution in [3.63, 3.8) is 0 Å². The van der Waals surface area contributed by atoms with Crippen molar-refractivity contribution < 1.29 is 27.5 Å². The molecule has 1 fully saturated rings. The molecule has 1 saturated heterocycles. The lowest BCUT2D eigenvalue weighted by atomic mass is 9.87. The summed E-state index contributed by atoms with van der Waals surface area (Å²) in [5, 5.41) is 2.68. The largest absolute Gasteiger partial charge is 0.452 e. The molecule has 0 spiro atoms. The molecule has 172 valence electrons. The van der Waals surface area contributed by atoms with E-state index in [1.807, 2.05) is 12.1 Å². The van der Waals surface area contributed by atoms with Crippen molar-refractivity contribution in [1.29, 1.82) is 0 Å². The first-order valence-electron chi connectivity index (χ1n) is 10.3. The molecule has 8 nitrogen and oxygen atoms in total. The van der Waals surface area contributed by atoms with Crippen LogP contribution in [0.5, 0.6) is 0 Å². The van der Waals surface area contributed by atoms with Crippen LogP contribution in [0.15, 0.2) is 53.4 Å². The zero-order chi connectivity index (χ0) is 23.4. The van der Waals surface area contributed by atoms with Crippen molar-refractivity contribution in [2.45, 2.75) is 31.1 Å². The molecule has 1 aliphatic heterocycles. The van der Waals surface area contributed by atoms with Crippen LogP contribution in [0, 0.1) is 0 Å². The maximum atomic E-state index is 12.6. The van der Waals surface area contributed by atoms with Crippen molar-refractivity contribution >= 4 is 27.6 Å². The van der Waals surface area contributed by atoms with Crippen molar-refractivity contribution in [1.82, 2.24) is 4.31 Å². The minimum absolute atomic E-state index is 0.00907. The van der Waals surface area contributed by atoms with E-state index in [9.17, 15) is 18.0 Å². The minimum atomic E-state index is -3.64. The number of benzene rings is 2. The van der Waals surface area contributed by atoms with E-state index in [1.165, 1.54) is 28.6 Å². The van der Waals surface area contributed by atoms with Crippen LogP contribution in [0.25, 0.3) is 0 Å². The zero-order valence-electron chi connectivity index (χ0n) is 18.5. The molecule has 0 unspecified atom stereocenters. The first-order chi connectivity index (χ1) is 15.1. The number of anilines is 1. The topological polar surface area (TPSA) is 102 Å². The SMILES string of the molecule is CC(C)(C)c1ccc(NC(=O)COC(=O)c2ccc(S(=O)(=O)N3CCOCC3)cc2)cc1. The van der Waals surface area contributed by atoms with Crippen molar-refractivity contribution in [2.24, 2.45) is 0 Å². The fourth-order valence-electron chi connectivity index (χ4n) is 3.16. The van der Waals surface area contributed by atoms with Gasteiger partial charge in [0.15, 0.2) is 6.61 Å². The highest BCUT2D eigenvalue weighted by Crippen LogP contribution is 2.23. The predicted octanol–water partition coefficient (Wildman–Crippen LogP) is 2.80. The molecule has 0 aliphatic carbocycles. The van der Waals surface area contributed by atoms with E-state index < -0.39 is 28.5 Å². The van der Waals surface area contributed by atoms with Gasteiger partial charge in [-0.2, -0.15) is 4.31 Å². The molecular formula is C23H28N2O6S. The fourth-order valence-corrected chi connectivity index (χ4v) is 4.57. The number of rotatable bonds is 6. The van der Waals surface area contributed by atoms with Gasteiger partial charge in [0.05, 0.1) is 23.7 Å². The van der Waals surface area contributed by atoms with Gasteiger partial charge in [0.25, 0.3) is 5.91 Å². The summed E-state index contributed by atoms with van der Waals surface area (Å²) in [7, 11) is -3.64. The van der Waals surface area contributed by atoms with Gasteiger partial charge in [-0.3, -0.25) is 4.79 Å². The van der Waals surface area contributed by atoms with E-state index in [2.05, 4.69) is 26.1 Å². The van der Waals surface area contributed by atoms with Crippen molar-refractivity contribution in [2.75, 3.05) is 38.2 Å². The monoisotopic (exact) mass is 460 g/mol. The Labute approximate surface area is 188 Å². The lowest BCUT2D eigenvalue weighted by Crippen LogP contribution is -2.40. The summed E-state index contributed by atoms with van der Waals surface area (Å²) in [5.41, 5.74) is 1.92. The summed E-state index contributed by atoms with van der Waals surface area (Å²) < 4.78 is 36.9. The maximum Gasteiger partial charge on any atom is 0.338 e. The van der Waals surface area contributed by atoms with Crippen LogP contribution in [0.1, 0.15) is 36.7 Å². The molecule has 0 aromatic heterocycles. The zero-order valence-corrected chi connectivity index (χ0v) is 19.3. The van der Waals surface area contributed by atoms with Gasteiger partial charge in [-0.05, 0) is 47.4 Å². The average Bonchev–Trinajstić information content (AvgIpc) is 2.78. The van der Waals surface area contributed by atoms with E-state index in [0.717, 1.165) is 5.56 Å². The van der Waals surface area contributed by atoms with Crippen LogP contribution in [0.2, 0.25) is 0 Å². The summed E-state index contributed by atoms with van der Waals surface area (Å²) in [6.45, 7) is 7.15. The Hall–Kier alpha value is -2.75. The number of hydrogen-bond donors (Lipinski definition) is 1. The molecular weight excluding hydrogens is 432 g/mol. The molecule has 2 aromatic carbocycles. The molecule has 0 bridgehead atoms. The van der Waals surface area contributed by atoms with Gasteiger partial charge in [0, 0.05) is 18.8 Å². The Bertz CT molecular complexity index is 1050. The van der Waals surface area contributed by atoms with Crippen LogP contribution in [0.3, 0.4) is 0 Å². The molecule has 2 aromatic rings. The van der Waals surface area contributed by atoms with Crippen LogP contribution < -0.4 is 5.32 Å². The van der Waals surface area contributed by atoms with E-state index >= 15 is 0 Å². The highest BCUT2D eigenvalue weighted by atomic mass is 32.2. The summed E-state index contributed by atoms with van der Waals surface area (Å²) >= 11 is 0. The number of carbonyl (C=O) groups is 2. The van der Waals surface area contributed by atoms with Gasteiger partial charge in [-0.25, -0.2) is 13.2 Å². The highest BCUT2D eigenvalue weighted by molar-refractivity contribution is 7.89. The Morgan fingerprint density at radius 1 is 1.00 bits per heavy atom. The Kier molecular flexibility index (Phi) is 7.33. The number of esters is 1. The third kappa shape index (κ3) is 5.93. The van der Waals surface area contributed by atoms with E-state index in [1.54, 1.807) is 12.1 Å². The molecule has 0 saturated carbocycles. The van der Waals surface area contributed by atoms with Crippen LogP contribution in [0.4, 0.5) is 5.69 Å². The number of sulfonamides is 1. The average molecular weight is 461 g/mol. The molecule has 0 atom stereocenters. The second-order valence-corrected chi connectivity index (χ2v) is 10.4. The molecule has 1 aliphatic rings. The third-order valence-electron chi connectivity index (χ3n) is 5.07. The van der Waals surface area contributed by atoms with Crippen molar-refractivity contribution in [3.05, 3.63) is 59.7 Å². The number of amides is 1. The quantitative estimate of drug-likeness (QED) is 0.665. The highest BCUT2D eigenvalue weighted by Gasteiger charge is 2.26. The number of hydrogen-bond acceptors (Lipinski definition) is 6. The Morgan fingerprint density at radius 3 is 2.16 bits per heavy atom. The lowest BCUT2D eigenvalue weighted by Gasteiger charge is -2.26. The fraction of sp³-hybridized carbons (Fsp3) is 0.391. The number of morpholine rings is 1. The number of carbonyl (C=O) groups excluding carboxylic acids is 2. The minimum Gasteiger partial charge on any atom is -0.452 e. The molecule has 32 heavy (non-hydrogen) atoms. The standard InChI is InChI=1S/C23H28N2O6S/c1-23(2,3)18-6-8-19(9-7-18)24-21(26)16-31-22(27)17-4-10-20(11-5-17)32(28,29)25-12-14-30-15-13-25/h4-11H,12-16H2,1-3H3,(H,24,26). The van der Waals surface area contributed by atoms with Crippen molar-refractivity contribution in [3.8, 4) is 0 Å². The third-order valence-corrected chi connectivity index (χ3v) is 6.98. The number of nitrogens with one attached hydrogen (secondary N) is 1. The summed E-state index contributed by atoms with van der Waals surface area (Å²) in [6.07, 6.45) is 0.